The fourth-order valence-electron chi connectivity index (χ4n) is 2.30. The number of nitrogens with two attached hydrogens (primary N) is 1. The van der Waals surface area contributed by atoms with Gasteiger partial charge in [-0.2, -0.15) is 4.31 Å². The van der Waals surface area contributed by atoms with Gasteiger partial charge < -0.3 is 5.73 Å². The lowest BCUT2D eigenvalue weighted by atomic mass is 10.1. The molecule has 1 aromatic carbocycles. The molecule has 21 heavy (non-hydrogen) atoms. The molecule has 3 rings (SSSR count). The summed E-state index contributed by atoms with van der Waals surface area (Å²) in [6.07, 6.45) is 1.30. The Morgan fingerprint density at radius 2 is 1.76 bits per heavy atom. The highest BCUT2D eigenvalue weighted by Crippen LogP contribution is 2.28. The van der Waals surface area contributed by atoms with E-state index in [2.05, 4.69) is 4.98 Å². The van der Waals surface area contributed by atoms with Gasteiger partial charge in [-0.15, -0.1) is 0 Å². The lowest BCUT2D eigenvalue weighted by molar-refractivity contribution is 0.431. The summed E-state index contributed by atoms with van der Waals surface area (Å²) >= 11 is 4.81. The summed E-state index contributed by atoms with van der Waals surface area (Å²) in [7, 11) is -3.56. The van der Waals surface area contributed by atoms with Crippen molar-refractivity contribution in [1.29, 1.82) is 0 Å². The van der Waals surface area contributed by atoms with Gasteiger partial charge in [0.05, 0.1) is 5.69 Å². The maximum atomic E-state index is 12.6. The van der Waals surface area contributed by atoms with Crippen LogP contribution in [0.2, 0.25) is 0 Å². The second kappa shape index (κ2) is 5.18. The molecule has 0 spiro atoms. The minimum atomic E-state index is -3.56. The van der Waals surface area contributed by atoms with Crippen LogP contribution in [0.5, 0.6) is 0 Å². The Kier molecular flexibility index (Phi) is 3.48. The molecule has 0 fully saturated rings. The third-order valence-corrected chi connectivity index (χ3v) is 5.42. The van der Waals surface area contributed by atoms with Gasteiger partial charge in [0.25, 0.3) is 0 Å². The Labute approximate surface area is 128 Å². The van der Waals surface area contributed by atoms with E-state index in [0.29, 0.717) is 18.8 Å². The molecule has 1 aliphatic heterocycles. The minimum absolute atomic E-state index is 0.146. The molecule has 2 N–H and O–H groups in total. The van der Waals surface area contributed by atoms with E-state index in [1.54, 1.807) is 0 Å². The summed E-state index contributed by atoms with van der Waals surface area (Å²) in [6.45, 7) is 0.769. The van der Waals surface area contributed by atoms with Gasteiger partial charge in [-0.25, -0.2) is 8.42 Å². The summed E-state index contributed by atoms with van der Waals surface area (Å²) in [5, 5.41) is 0. The zero-order chi connectivity index (χ0) is 15.0. The number of rotatable bonds is 3. The summed E-state index contributed by atoms with van der Waals surface area (Å²) < 4.78 is 26.7. The van der Waals surface area contributed by atoms with Crippen LogP contribution in [-0.2, 0) is 23.1 Å². The molecule has 7 heteroatoms. The monoisotopic (exact) mass is 319 g/mol. The highest BCUT2D eigenvalue weighted by molar-refractivity contribution is 7.89. The topological polar surface area (TPSA) is 76.3 Å². The summed E-state index contributed by atoms with van der Waals surface area (Å²) in [5.41, 5.74) is 7.94. The molecule has 0 aliphatic carbocycles. The fraction of sp³-hybridized carbons (Fsp3) is 0.143. The first-order chi connectivity index (χ1) is 9.98. The quantitative estimate of drug-likeness (QED) is 0.866. The number of benzene rings is 1. The van der Waals surface area contributed by atoms with Crippen molar-refractivity contribution >= 4 is 27.2 Å². The van der Waals surface area contributed by atoms with Crippen LogP contribution >= 0.6 is 12.2 Å². The molecule has 2 heterocycles. The van der Waals surface area contributed by atoms with Gasteiger partial charge in [0.2, 0.25) is 10.0 Å². The van der Waals surface area contributed by atoms with Gasteiger partial charge >= 0.3 is 0 Å². The van der Waals surface area contributed by atoms with E-state index in [-0.39, 0.29) is 9.88 Å². The zero-order valence-electron chi connectivity index (χ0n) is 11.1. The number of pyridine rings is 1. The SMILES string of the molecule is NC(=S)c1ccc(S(=O)(=O)N2Cc3ccccc3C2)cn1. The molecular formula is C14H13N3O2S2. The number of sulfonamides is 1. The van der Waals surface area contributed by atoms with Crippen LogP contribution in [0.3, 0.4) is 0 Å². The summed E-state index contributed by atoms with van der Waals surface area (Å²) in [5.74, 6) is 0. The molecule has 0 unspecified atom stereocenters. The highest BCUT2D eigenvalue weighted by Gasteiger charge is 2.30. The van der Waals surface area contributed by atoms with E-state index in [4.69, 9.17) is 18.0 Å². The molecular weight excluding hydrogens is 306 g/mol. The van der Waals surface area contributed by atoms with Crippen LogP contribution in [0.4, 0.5) is 0 Å². The zero-order valence-corrected chi connectivity index (χ0v) is 12.7. The fourth-order valence-corrected chi connectivity index (χ4v) is 3.76. The van der Waals surface area contributed by atoms with Crippen molar-refractivity contribution in [3.05, 3.63) is 59.4 Å². The lowest BCUT2D eigenvalue weighted by Gasteiger charge is -2.15. The smallest absolute Gasteiger partial charge is 0.245 e. The number of aromatic nitrogens is 1. The Bertz CT molecular complexity index is 776. The van der Waals surface area contributed by atoms with Gasteiger partial charge in [0.15, 0.2) is 0 Å². The average molecular weight is 319 g/mol. The number of nitrogens with zero attached hydrogens (tertiary/aromatic N) is 2. The van der Waals surface area contributed by atoms with Crippen LogP contribution in [0.25, 0.3) is 0 Å². The molecule has 1 aromatic heterocycles. The van der Waals surface area contributed by atoms with Crippen LogP contribution in [0.1, 0.15) is 16.8 Å². The van der Waals surface area contributed by atoms with Crippen LogP contribution in [0, 0.1) is 0 Å². The van der Waals surface area contributed by atoms with E-state index in [1.807, 2.05) is 24.3 Å². The first-order valence-corrected chi connectivity index (χ1v) is 8.16. The van der Waals surface area contributed by atoms with Crippen LogP contribution in [-0.4, -0.2) is 22.7 Å². The molecule has 1 aliphatic rings. The molecule has 0 atom stereocenters. The number of thiocarbonyl (C=S) groups is 1. The van der Waals surface area contributed by atoms with Crippen molar-refractivity contribution in [3.8, 4) is 0 Å². The normalized spacial score (nSPS) is 14.9. The maximum Gasteiger partial charge on any atom is 0.245 e. The second-order valence-corrected chi connectivity index (χ2v) is 7.16. The number of fused-ring (bicyclic) bond motifs is 1. The Balaban J connectivity index is 1.90. The molecule has 5 nitrogen and oxygen atoms in total. The minimum Gasteiger partial charge on any atom is -0.388 e. The third-order valence-electron chi connectivity index (χ3n) is 3.44. The lowest BCUT2D eigenvalue weighted by Crippen LogP contribution is -2.26. The van der Waals surface area contributed by atoms with Gasteiger partial charge in [-0.05, 0) is 23.3 Å². The molecule has 0 amide bonds. The predicted molar refractivity (Wildman–Crippen MR) is 83.0 cm³/mol. The van der Waals surface area contributed by atoms with E-state index < -0.39 is 10.0 Å². The van der Waals surface area contributed by atoms with Gasteiger partial charge in [-0.1, -0.05) is 36.5 Å². The van der Waals surface area contributed by atoms with Crippen molar-refractivity contribution < 1.29 is 8.42 Å². The van der Waals surface area contributed by atoms with E-state index in [0.717, 1.165) is 11.1 Å². The first kappa shape index (κ1) is 14.1. The van der Waals surface area contributed by atoms with E-state index in [1.165, 1.54) is 22.6 Å². The number of hydrogen-bond donors (Lipinski definition) is 1. The van der Waals surface area contributed by atoms with Gasteiger partial charge in [-0.3, -0.25) is 4.98 Å². The molecule has 0 bridgehead atoms. The highest BCUT2D eigenvalue weighted by atomic mass is 32.2. The van der Waals surface area contributed by atoms with Crippen molar-refractivity contribution in [2.24, 2.45) is 5.73 Å². The molecule has 0 radical (unpaired) electrons. The Hall–Kier alpha value is -1.83. The molecule has 2 aromatic rings. The largest absolute Gasteiger partial charge is 0.388 e. The van der Waals surface area contributed by atoms with Crippen molar-refractivity contribution in [1.82, 2.24) is 9.29 Å². The van der Waals surface area contributed by atoms with E-state index >= 15 is 0 Å². The Morgan fingerprint density at radius 1 is 1.14 bits per heavy atom. The van der Waals surface area contributed by atoms with Crippen molar-refractivity contribution in [3.63, 3.8) is 0 Å². The third kappa shape index (κ3) is 2.55. The first-order valence-electron chi connectivity index (χ1n) is 6.31. The Morgan fingerprint density at radius 3 is 2.24 bits per heavy atom. The predicted octanol–water partition coefficient (Wildman–Crippen LogP) is 1.42. The van der Waals surface area contributed by atoms with Crippen LogP contribution < -0.4 is 5.73 Å². The average Bonchev–Trinajstić information content (AvgIpc) is 2.92. The molecule has 0 saturated heterocycles. The van der Waals surface area contributed by atoms with Gasteiger partial charge in [0.1, 0.15) is 9.88 Å². The molecule has 108 valence electrons. The van der Waals surface area contributed by atoms with Crippen molar-refractivity contribution in [2.75, 3.05) is 0 Å². The summed E-state index contributed by atoms with van der Waals surface area (Å²) in [6, 6.07) is 10.7. The second-order valence-electron chi connectivity index (χ2n) is 4.79. The van der Waals surface area contributed by atoms with Gasteiger partial charge in [0, 0.05) is 19.3 Å². The van der Waals surface area contributed by atoms with E-state index in [9.17, 15) is 8.42 Å². The molecule has 0 saturated carbocycles. The summed E-state index contributed by atoms with van der Waals surface area (Å²) in [4.78, 5) is 4.29. The standard InChI is InChI=1S/C14H13N3O2S2/c15-14(20)13-6-5-12(7-16-13)21(18,19)17-8-10-3-1-2-4-11(10)9-17/h1-7H,8-9H2,(H2,15,20). The van der Waals surface area contributed by atoms with Crippen LogP contribution in [0.15, 0.2) is 47.5 Å². The van der Waals surface area contributed by atoms with Crippen molar-refractivity contribution in [2.45, 2.75) is 18.0 Å². The number of hydrogen-bond acceptors (Lipinski definition) is 4. The maximum absolute atomic E-state index is 12.6.